The highest BCUT2D eigenvalue weighted by Crippen LogP contribution is 2.24. The molecule has 3 aromatic rings. The van der Waals surface area contributed by atoms with E-state index in [1.807, 2.05) is 43.3 Å². The van der Waals surface area contributed by atoms with Crippen LogP contribution in [0.4, 0.5) is 5.95 Å². The van der Waals surface area contributed by atoms with E-state index in [1.165, 1.54) is 12.4 Å². The summed E-state index contributed by atoms with van der Waals surface area (Å²) in [6, 6.07) is 11.0. The highest BCUT2D eigenvalue weighted by molar-refractivity contribution is 5.94. The third-order valence-electron chi connectivity index (χ3n) is 4.01. The number of methoxy groups -OCH3 is 1. The number of carbonyl (C=O) groups is 1. The molecule has 7 heteroatoms. The van der Waals surface area contributed by atoms with E-state index >= 15 is 0 Å². The van der Waals surface area contributed by atoms with Crippen molar-refractivity contribution in [3.8, 4) is 5.75 Å². The fourth-order valence-electron chi connectivity index (χ4n) is 2.62. The topological polar surface area (TPSA) is 89.0 Å². The minimum Gasteiger partial charge on any atom is -0.497 e. The highest BCUT2D eigenvalue weighted by Gasteiger charge is 2.18. The molecule has 2 N–H and O–H groups in total. The van der Waals surface area contributed by atoms with E-state index in [1.54, 1.807) is 19.5 Å². The molecule has 2 aromatic heterocycles. The van der Waals surface area contributed by atoms with E-state index in [0.717, 1.165) is 16.9 Å². The molecule has 7 nitrogen and oxygen atoms in total. The van der Waals surface area contributed by atoms with Gasteiger partial charge in [-0.15, -0.1) is 0 Å². The van der Waals surface area contributed by atoms with Crippen molar-refractivity contribution in [3.63, 3.8) is 0 Å². The Labute approximate surface area is 157 Å². The van der Waals surface area contributed by atoms with E-state index < -0.39 is 0 Å². The Morgan fingerprint density at radius 2 is 1.67 bits per heavy atom. The first-order valence-electron chi connectivity index (χ1n) is 8.62. The van der Waals surface area contributed by atoms with Crippen molar-refractivity contribution in [2.24, 2.45) is 0 Å². The zero-order valence-electron chi connectivity index (χ0n) is 15.2. The quantitative estimate of drug-likeness (QED) is 0.671. The molecule has 1 aromatic carbocycles. The molecular formula is C20H21N5O2. The van der Waals surface area contributed by atoms with Crippen LogP contribution in [0.25, 0.3) is 0 Å². The summed E-state index contributed by atoms with van der Waals surface area (Å²) in [5, 5.41) is 6.05. The van der Waals surface area contributed by atoms with Gasteiger partial charge in [0.1, 0.15) is 5.75 Å². The van der Waals surface area contributed by atoms with Crippen molar-refractivity contribution < 1.29 is 9.53 Å². The van der Waals surface area contributed by atoms with Crippen LogP contribution >= 0.6 is 0 Å². The molecule has 0 aliphatic carbocycles. The lowest BCUT2D eigenvalue weighted by Crippen LogP contribution is -2.29. The number of ether oxygens (including phenoxy) is 1. The SMILES string of the molecule is CCNc1ncc(C(=O)N[C@H](c2ccncc2)c2ccc(OC)cc2)cn1. The monoisotopic (exact) mass is 363 g/mol. The van der Waals surface area contributed by atoms with Crippen LogP contribution < -0.4 is 15.4 Å². The number of pyridine rings is 1. The summed E-state index contributed by atoms with van der Waals surface area (Å²) in [4.78, 5) is 25.1. The predicted molar refractivity (Wildman–Crippen MR) is 103 cm³/mol. The van der Waals surface area contributed by atoms with Gasteiger partial charge < -0.3 is 15.4 Å². The van der Waals surface area contributed by atoms with E-state index in [-0.39, 0.29) is 11.9 Å². The molecule has 0 aliphatic rings. The molecule has 0 spiro atoms. The molecule has 0 radical (unpaired) electrons. The van der Waals surface area contributed by atoms with Crippen LogP contribution in [0.15, 0.2) is 61.2 Å². The fraction of sp³-hybridized carbons (Fsp3) is 0.200. The van der Waals surface area contributed by atoms with Gasteiger partial charge in [-0.25, -0.2) is 9.97 Å². The van der Waals surface area contributed by atoms with E-state index in [0.29, 0.717) is 18.1 Å². The summed E-state index contributed by atoms with van der Waals surface area (Å²) in [5.74, 6) is 0.997. The summed E-state index contributed by atoms with van der Waals surface area (Å²) < 4.78 is 5.22. The van der Waals surface area contributed by atoms with E-state index in [2.05, 4.69) is 25.6 Å². The third kappa shape index (κ3) is 4.58. The Kier molecular flexibility index (Phi) is 5.94. The van der Waals surface area contributed by atoms with E-state index in [4.69, 9.17) is 4.74 Å². The number of benzene rings is 1. The van der Waals surface area contributed by atoms with Gasteiger partial charge >= 0.3 is 0 Å². The molecule has 1 atom stereocenters. The van der Waals surface area contributed by atoms with Crippen LogP contribution in [0.2, 0.25) is 0 Å². The molecule has 3 rings (SSSR count). The number of hydrogen-bond donors (Lipinski definition) is 2. The normalized spacial score (nSPS) is 11.5. The molecule has 0 aliphatic heterocycles. The zero-order valence-corrected chi connectivity index (χ0v) is 15.2. The van der Waals surface area contributed by atoms with Crippen molar-refractivity contribution in [1.29, 1.82) is 0 Å². The zero-order chi connectivity index (χ0) is 19.1. The minimum absolute atomic E-state index is 0.254. The van der Waals surface area contributed by atoms with Crippen LogP contribution in [-0.2, 0) is 0 Å². The van der Waals surface area contributed by atoms with Gasteiger partial charge in [0.15, 0.2) is 0 Å². The molecule has 27 heavy (non-hydrogen) atoms. The Morgan fingerprint density at radius 3 is 2.26 bits per heavy atom. The molecule has 0 saturated heterocycles. The second kappa shape index (κ2) is 8.75. The van der Waals surface area contributed by atoms with Gasteiger partial charge in [-0.3, -0.25) is 9.78 Å². The lowest BCUT2D eigenvalue weighted by Gasteiger charge is -2.20. The van der Waals surface area contributed by atoms with Crippen molar-refractivity contribution in [3.05, 3.63) is 77.9 Å². The van der Waals surface area contributed by atoms with Crippen molar-refractivity contribution in [2.75, 3.05) is 19.0 Å². The number of nitrogens with zero attached hydrogens (tertiary/aromatic N) is 3. The molecule has 0 saturated carbocycles. The minimum atomic E-state index is -0.333. The largest absolute Gasteiger partial charge is 0.497 e. The standard InChI is InChI=1S/C20H21N5O2/c1-3-22-20-23-12-16(13-24-20)19(26)25-18(15-8-10-21-11-9-15)14-4-6-17(27-2)7-5-14/h4-13,18H,3H2,1-2H3,(H,25,26)(H,22,23,24)/t18-/m0/s1. The smallest absolute Gasteiger partial charge is 0.255 e. The summed E-state index contributed by atoms with van der Waals surface area (Å²) in [6.45, 7) is 2.67. The molecule has 0 unspecified atom stereocenters. The first kappa shape index (κ1) is 18.3. The molecule has 2 heterocycles. The molecule has 1 amide bonds. The van der Waals surface area contributed by atoms with E-state index in [9.17, 15) is 4.79 Å². The summed E-state index contributed by atoms with van der Waals surface area (Å²) >= 11 is 0. The summed E-state index contributed by atoms with van der Waals surface area (Å²) in [5.41, 5.74) is 2.25. The van der Waals surface area contributed by atoms with Gasteiger partial charge in [0, 0.05) is 31.3 Å². The Hall–Kier alpha value is -3.48. The maximum Gasteiger partial charge on any atom is 0.255 e. The van der Waals surface area contributed by atoms with Crippen LogP contribution in [0, 0.1) is 0 Å². The number of nitrogens with one attached hydrogen (secondary N) is 2. The van der Waals surface area contributed by atoms with Gasteiger partial charge in [-0.05, 0) is 42.3 Å². The molecule has 0 fully saturated rings. The number of amides is 1. The number of rotatable bonds is 7. The Bertz CT molecular complexity index is 867. The lowest BCUT2D eigenvalue weighted by atomic mass is 9.99. The first-order valence-corrected chi connectivity index (χ1v) is 8.62. The van der Waals surface area contributed by atoms with Crippen LogP contribution in [0.5, 0.6) is 5.75 Å². The van der Waals surface area contributed by atoms with Gasteiger partial charge in [-0.1, -0.05) is 12.1 Å². The van der Waals surface area contributed by atoms with Crippen LogP contribution in [0.1, 0.15) is 34.5 Å². The third-order valence-corrected chi connectivity index (χ3v) is 4.01. The van der Waals surface area contributed by atoms with Crippen molar-refractivity contribution in [1.82, 2.24) is 20.3 Å². The van der Waals surface area contributed by atoms with Crippen molar-refractivity contribution >= 4 is 11.9 Å². The molecule has 138 valence electrons. The molecular weight excluding hydrogens is 342 g/mol. The van der Waals surface area contributed by atoms with Crippen LogP contribution in [0.3, 0.4) is 0 Å². The highest BCUT2D eigenvalue weighted by atomic mass is 16.5. The average Bonchev–Trinajstić information content (AvgIpc) is 2.73. The number of hydrogen-bond acceptors (Lipinski definition) is 6. The average molecular weight is 363 g/mol. The van der Waals surface area contributed by atoms with Crippen molar-refractivity contribution in [2.45, 2.75) is 13.0 Å². The van der Waals surface area contributed by atoms with Gasteiger partial charge in [-0.2, -0.15) is 0 Å². The fourth-order valence-corrected chi connectivity index (χ4v) is 2.62. The van der Waals surface area contributed by atoms with Gasteiger partial charge in [0.2, 0.25) is 5.95 Å². The second-order valence-electron chi connectivity index (χ2n) is 5.79. The lowest BCUT2D eigenvalue weighted by molar-refractivity contribution is 0.0942. The van der Waals surface area contributed by atoms with Gasteiger partial charge in [0.25, 0.3) is 5.91 Å². The Morgan fingerprint density at radius 1 is 1.04 bits per heavy atom. The number of anilines is 1. The van der Waals surface area contributed by atoms with Crippen LogP contribution in [-0.4, -0.2) is 34.5 Å². The first-order chi connectivity index (χ1) is 13.2. The van der Waals surface area contributed by atoms with Gasteiger partial charge in [0.05, 0.1) is 18.7 Å². The summed E-state index contributed by atoms with van der Waals surface area (Å²) in [6.07, 6.45) is 6.43. The number of aromatic nitrogens is 3. The predicted octanol–water partition coefficient (Wildman–Crippen LogP) is 2.83. The second-order valence-corrected chi connectivity index (χ2v) is 5.79. The molecule has 0 bridgehead atoms. The number of carbonyl (C=O) groups excluding carboxylic acids is 1. The maximum atomic E-state index is 12.7. The Balaban J connectivity index is 1.85. The summed E-state index contributed by atoms with van der Waals surface area (Å²) in [7, 11) is 1.62. The maximum absolute atomic E-state index is 12.7.